The van der Waals surface area contributed by atoms with Gasteiger partial charge in [-0.15, -0.1) is 0 Å². The van der Waals surface area contributed by atoms with E-state index in [0.717, 1.165) is 5.56 Å². The van der Waals surface area contributed by atoms with Gasteiger partial charge < -0.3 is 15.8 Å². The van der Waals surface area contributed by atoms with Gasteiger partial charge in [0.25, 0.3) is 0 Å². The normalized spacial score (nSPS) is 11.5. The molecule has 1 aromatic rings. The average molecular weight is 272 g/mol. The molecule has 0 saturated carbocycles. The summed E-state index contributed by atoms with van der Waals surface area (Å²) in [7, 11) is 0. The Balaban J connectivity index is 2.53. The van der Waals surface area contributed by atoms with Crippen molar-refractivity contribution in [2.75, 3.05) is 6.54 Å². The van der Waals surface area contributed by atoms with Crippen LogP contribution in [0.5, 0.6) is 5.75 Å². The van der Waals surface area contributed by atoms with E-state index in [4.69, 9.17) is 5.73 Å². The van der Waals surface area contributed by atoms with E-state index in [2.05, 4.69) is 10.1 Å². The van der Waals surface area contributed by atoms with Crippen LogP contribution in [0.4, 0.5) is 8.78 Å². The highest BCUT2D eigenvalue weighted by Crippen LogP contribution is 2.16. The molecule has 0 aliphatic rings. The van der Waals surface area contributed by atoms with E-state index in [1.807, 2.05) is 0 Å². The van der Waals surface area contributed by atoms with E-state index in [0.29, 0.717) is 6.54 Å². The Bertz CT molecular complexity index is 419. The lowest BCUT2D eigenvalue weighted by atomic mass is 9.92. The van der Waals surface area contributed by atoms with E-state index in [1.165, 1.54) is 12.1 Å². The fraction of sp³-hybridized carbons (Fsp3) is 0.462. The van der Waals surface area contributed by atoms with Gasteiger partial charge in [-0.05, 0) is 31.5 Å². The maximum absolute atomic E-state index is 12.0. The highest BCUT2D eigenvalue weighted by Gasteiger charge is 2.25. The molecular weight excluding hydrogens is 254 g/mol. The third-order valence-electron chi connectivity index (χ3n) is 2.73. The molecule has 0 unspecified atom stereocenters. The predicted octanol–water partition coefficient (Wildman–Crippen LogP) is 1.89. The maximum Gasteiger partial charge on any atom is 0.387 e. The third kappa shape index (κ3) is 4.82. The Morgan fingerprint density at radius 1 is 1.37 bits per heavy atom. The van der Waals surface area contributed by atoms with Crippen molar-refractivity contribution in [3.05, 3.63) is 29.8 Å². The summed E-state index contributed by atoms with van der Waals surface area (Å²) in [6.45, 7) is 1.23. The SMILES string of the molecule is CC(C)(CN)C(=O)NCc1ccc(OC(F)F)cc1. The van der Waals surface area contributed by atoms with Gasteiger partial charge in [0.05, 0.1) is 5.41 Å². The molecule has 0 saturated heterocycles. The smallest absolute Gasteiger partial charge is 0.387 e. The molecular formula is C13H18F2N2O2. The van der Waals surface area contributed by atoms with Crippen LogP contribution in [0.15, 0.2) is 24.3 Å². The van der Waals surface area contributed by atoms with Crippen molar-refractivity contribution in [1.29, 1.82) is 0 Å². The summed E-state index contributed by atoms with van der Waals surface area (Å²) in [4.78, 5) is 11.8. The summed E-state index contributed by atoms with van der Waals surface area (Å²) in [6.07, 6.45) is 0. The number of carbonyl (C=O) groups excluding carboxylic acids is 1. The number of benzene rings is 1. The molecule has 4 nitrogen and oxygen atoms in total. The van der Waals surface area contributed by atoms with Crippen molar-refractivity contribution < 1.29 is 18.3 Å². The minimum atomic E-state index is -2.84. The lowest BCUT2D eigenvalue weighted by molar-refractivity contribution is -0.129. The molecule has 0 heterocycles. The molecule has 19 heavy (non-hydrogen) atoms. The van der Waals surface area contributed by atoms with Crippen LogP contribution >= 0.6 is 0 Å². The quantitative estimate of drug-likeness (QED) is 0.831. The van der Waals surface area contributed by atoms with Crippen LogP contribution in [0.25, 0.3) is 0 Å². The molecule has 3 N–H and O–H groups in total. The molecule has 1 aromatic carbocycles. The summed E-state index contributed by atoms with van der Waals surface area (Å²) in [5.41, 5.74) is 5.66. The molecule has 0 bridgehead atoms. The minimum Gasteiger partial charge on any atom is -0.435 e. The van der Waals surface area contributed by atoms with Crippen molar-refractivity contribution in [1.82, 2.24) is 5.32 Å². The zero-order chi connectivity index (χ0) is 14.5. The van der Waals surface area contributed by atoms with Crippen LogP contribution in [0, 0.1) is 5.41 Å². The largest absolute Gasteiger partial charge is 0.435 e. The molecule has 0 spiro atoms. The van der Waals surface area contributed by atoms with Crippen LogP contribution in [-0.2, 0) is 11.3 Å². The van der Waals surface area contributed by atoms with E-state index in [1.54, 1.807) is 26.0 Å². The molecule has 0 aromatic heterocycles. The van der Waals surface area contributed by atoms with Crippen molar-refractivity contribution >= 4 is 5.91 Å². The number of alkyl halides is 2. The van der Waals surface area contributed by atoms with E-state index < -0.39 is 12.0 Å². The van der Waals surface area contributed by atoms with Crippen LogP contribution in [0.1, 0.15) is 19.4 Å². The molecule has 0 radical (unpaired) electrons. The number of carbonyl (C=O) groups is 1. The minimum absolute atomic E-state index is 0.0902. The Kier molecular flexibility index (Phi) is 5.23. The summed E-state index contributed by atoms with van der Waals surface area (Å²) in [5, 5.41) is 2.74. The summed E-state index contributed by atoms with van der Waals surface area (Å²) >= 11 is 0. The zero-order valence-electron chi connectivity index (χ0n) is 11.0. The number of nitrogens with one attached hydrogen (secondary N) is 1. The summed E-state index contributed by atoms with van der Waals surface area (Å²) in [6, 6.07) is 6.10. The first-order valence-corrected chi connectivity index (χ1v) is 5.87. The summed E-state index contributed by atoms with van der Waals surface area (Å²) < 4.78 is 28.1. The lowest BCUT2D eigenvalue weighted by Crippen LogP contribution is -2.41. The Hall–Kier alpha value is -1.69. The van der Waals surface area contributed by atoms with Crippen LogP contribution < -0.4 is 15.8 Å². The topological polar surface area (TPSA) is 64.4 Å². The monoisotopic (exact) mass is 272 g/mol. The Labute approximate surface area is 110 Å². The van der Waals surface area contributed by atoms with E-state index in [-0.39, 0.29) is 18.2 Å². The number of ether oxygens (including phenoxy) is 1. The van der Waals surface area contributed by atoms with Gasteiger partial charge in [-0.25, -0.2) is 0 Å². The van der Waals surface area contributed by atoms with Crippen LogP contribution in [0.2, 0.25) is 0 Å². The molecule has 1 amide bonds. The highest BCUT2D eigenvalue weighted by atomic mass is 19.3. The van der Waals surface area contributed by atoms with Crippen molar-refractivity contribution in [3.63, 3.8) is 0 Å². The molecule has 0 atom stereocenters. The molecule has 0 aliphatic carbocycles. The first kappa shape index (κ1) is 15.4. The standard InChI is InChI=1S/C13H18F2N2O2/c1-13(2,8-16)11(18)17-7-9-3-5-10(6-4-9)19-12(14)15/h3-6,12H,7-8,16H2,1-2H3,(H,17,18). The zero-order valence-corrected chi connectivity index (χ0v) is 11.0. The number of nitrogens with two attached hydrogens (primary N) is 1. The van der Waals surface area contributed by atoms with Gasteiger partial charge in [-0.2, -0.15) is 8.78 Å². The number of halogens is 2. The number of hydrogen-bond acceptors (Lipinski definition) is 3. The predicted molar refractivity (Wildman–Crippen MR) is 67.8 cm³/mol. The van der Waals surface area contributed by atoms with Gasteiger partial charge >= 0.3 is 6.61 Å². The molecule has 0 fully saturated rings. The molecule has 6 heteroatoms. The number of hydrogen-bond donors (Lipinski definition) is 2. The second kappa shape index (κ2) is 6.47. The van der Waals surface area contributed by atoms with Crippen molar-refractivity contribution in [2.45, 2.75) is 27.0 Å². The lowest BCUT2D eigenvalue weighted by Gasteiger charge is -2.21. The fourth-order valence-corrected chi connectivity index (χ4v) is 1.30. The van der Waals surface area contributed by atoms with E-state index in [9.17, 15) is 13.6 Å². The van der Waals surface area contributed by atoms with Gasteiger partial charge in [0.15, 0.2) is 0 Å². The first-order chi connectivity index (χ1) is 8.85. The van der Waals surface area contributed by atoms with Crippen molar-refractivity contribution in [2.24, 2.45) is 11.1 Å². The highest BCUT2D eigenvalue weighted by molar-refractivity contribution is 5.81. The fourth-order valence-electron chi connectivity index (χ4n) is 1.30. The van der Waals surface area contributed by atoms with Gasteiger partial charge in [-0.3, -0.25) is 4.79 Å². The molecule has 1 rings (SSSR count). The third-order valence-corrected chi connectivity index (χ3v) is 2.73. The van der Waals surface area contributed by atoms with Crippen molar-refractivity contribution in [3.8, 4) is 5.75 Å². The Morgan fingerprint density at radius 3 is 2.42 bits per heavy atom. The van der Waals surface area contributed by atoms with Crippen LogP contribution in [-0.4, -0.2) is 19.1 Å². The second-order valence-electron chi connectivity index (χ2n) is 4.79. The molecule has 106 valence electrons. The van der Waals surface area contributed by atoms with Gasteiger partial charge in [0, 0.05) is 13.1 Å². The summed E-state index contributed by atoms with van der Waals surface area (Å²) in [5.74, 6) is -0.0599. The van der Waals surface area contributed by atoms with Crippen LogP contribution in [0.3, 0.4) is 0 Å². The van der Waals surface area contributed by atoms with Gasteiger partial charge in [0.2, 0.25) is 5.91 Å². The number of rotatable bonds is 6. The van der Waals surface area contributed by atoms with Gasteiger partial charge in [-0.1, -0.05) is 12.1 Å². The first-order valence-electron chi connectivity index (χ1n) is 5.87. The average Bonchev–Trinajstić information content (AvgIpc) is 2.36. The maximum atomic E-state index is 12.0. The Morgan fingerprint density at radius 2 is 1.95 bits per heavy atom. The van der Waals surface area contributed by atoms with E-state index >= 15 is 0 Å². The van der Waals surface area contributed by atoms with Gasteiger partial charge in [0.1, 0.15) is 5.75 Å². The number of amides is 1. The second-order valence-corrected chi connectivity index (χ2v) is 4.79. The molecule has 0 aliphatic heterocycles.